The highest BCUT2D eigenvalue weighted by atomic mass is 16.5. The molecular formula is C24H24N4O4. The van der Waals surface area contributed by atoms with E-state index in [9.17, 15) is 10.2 Å². The number of nitrogens with zero attached hydrogens (tertiary/aromatic N) is 3. The first kappa shape index (κ1) is 20.0. The zero-order chi connectivity index (χ0) is 22.2. The lowest BCUT2D eigenvalue weighted by Gasteiger charge is -2.34. The molecule has 0 amide bonds. The van der Waals surface area contributed by atoms with Crippen LogP contribution in [0.4, 0.5) is 5.95 Å². The van der Waals surface area contributed by atoms with Gasteiger partial charge in [0.25, 0.3) is 0 Å². The average molecular weight is 432 g/mol. The van der Waals surface area contributed by atoms with E-state index in [2.05, 4.69) is 21.5 Å². The second kappa shape index (κ2) is 7.96. The Balaban J connectivity index is 1.63. The van der Waals surface area contributed by atoms with Gasteiger partial charge < -0.3 is 25.0 Å². The fourth-order valence-electron chi connectivity index (χ4n) is 4.48. The van der Waals surface area contributed by atoms with Crippen molar-refractivity contribution in [2.75, 3.05) is 19.5 Å². The van der Waals surface area contributed by atoms with Crippen molar-refractivity contribution in [1.82, 2.24) is 14.8 Å². The van der Waals surface area contributed by atoms with Crippen molar-refractivity contribution >= 4 is 12.0 Å². The average Bonchev–Trinajstić information content (AvgIpc) is 3.28. The lowest BCUT2D eigenvalue weighted by atomic mass is 9.83. The number of anilines is 1. The van der Waals surface area contributed by atoms with Gasteiger partial charge in [-0.05, 0) is 71.9 Å². The van der Waals surface area contributed by atoms with Crippen molar-refractivity contribution in [2.24, 2.45) is 0 Å². The van der Waals surface area contributed by atoms with Crippen LogP contribution >= 0.6 is 0 Å². The Kier molecular flexibility index (Phi) is 4.97. The highest BCUT2D eigenvalue weighted by Crippen LogP contribution is 2.45. The van der Waals surface area contributed by atoms with Crippen molar-refractivity contribution < 1.29 is 19.7 Å². The molecule has 2 aromatic carbocycles. The van der Waals surface area contributed by atoms with Crippen LogP contribution in [0.3, 0.4) is 0 Å². The summed E-state index contributed by atoms with van der Waals surface area (Å²) in [5.74, 6) is 1.74. The number of phenolic OH excluding ortho intramolecular Hbond substituents is 2. The number of allylic oxidation sites excluding steroid dienone is 2. The number of hydrogen-bond donors (Lipinski definition) is 3. The highest BCUT2D eigenvalue weighted by molar-refractivity contribution is 5.67. The molecule has 2 aliphatic rings. The Morgan fingerprint density at radius 1 is 1.03 bits per heavy atom. The molecule has 0 radical (unpaired) electrons. The lowest BCUT2D eigenvalue weighted by molar-refractivity contribution is 0.372. The maximum absolute atomic E-state index is 10.1. The van der Waals surface area contributed by atoms with E-state index in [4.69, 9.17) is 9.47 Å². The Morgan fingerprint density at radius 2 is 1.78 bits per heavy atom. The standard InChI is InChI=1S/C24H24N4O4/c1-31-20-11-14(6-8-18(20)29)10-15-4-3-5-17-22(15)27-24-25-13-26-28(24)23(17)16-7-9-19(30)21(12-16)32-2/h6-13,23,29-30H,3-5H2,1-2H3,(H,25,26,27)/b15-10+. The summed E-state index contributed by atoms with van der Waals surface area (Å²) in [4.78, 5) is 4.41. The molecule has 3 aromatic rings. The van der Waals surface area contributed by atoms with Crippen LogP contribution in [0.1, 0.15) is 36.4 Å². The molecule has 1 aliphatic heterocycles. The second-order valence-electron chi connectivity index (χ2n) is 7.84. The number of nitrogens with one attached hydrogen (secondary N) is 1. The van der Waals surface area contributed by atoms with Crippen molar-refractivity contribution in [3.05, 3.63) is 70.7 Å². The van der Waals surface area contributed by atoms with Crippen LogP contribution in [-0.2, 0) is 0 Å². The molecule has 3 N–H and O–H groups in total. The minimum absolute atomic E-state index is 0.101. The van der Waals surface area contributed by atoms with E-state index in [0.29, 0.717) is 17.4 Å². The van der Waals surface area contributed by atoms with E-state index in [1.807, 2.05) is 28.9 Å². The van der Waals surface area contributed by atoms with E-state index in [1.54, 1.807) is 32.7 Å². The molecule has 0 saturated carbocycles. The van der Waals surface area contributed by atoms with Crippen LogP contribution < -0.4 is 14.8 Å². The number of methoxy groups -OCH3 is 2. The Morgan fingerprint density at radius 3 is 2.56 bits per heavy atom. The van der Waals surface area contributed by atoms with Gasteiger partial charge in [0.15, 0.2) is 23.0 Å². The second-order valence-corrected chi connectivity index (χ2v) is 7.84. The molecule has 2 heterocycles. The molecule has 8 heteroatoms. The van der Waals surface area contributed by atoms with Crippen LogP contribution in [0.25, 0.3) is 6.08 Å². The molecule has 32 heavy (non-hydrogen) atoms. The molecule has 1 atom stereocenters. The van der Waals surface area contributed by atoms with Gasteiger partial charge >= 0.3 is 0 Å². The first-order valence-electron chi connectivity index (χ1n) is 10.4. The van der Waals surface area contributed by atoms with E-state index in [1.165, 1.54) is 5.57 Å². The minimum Gasteiger partial charge on any atom is -0.504 e. The van der Waals surface area contributed by atoms with Crippen LogP contribution in [0, 0.1) is 0 Å². The molecule has 164 valence electrons. The van der Waals surface area contributed by atoms with Gasteiger partial charge in [-0.25, -0.2) is 4.68 Å². The number of ether oxygens (including phenoxy) is 2. The van der Waals surface area contributed by atoms with Gasteiger partial charge in [-0.1, -0.05) is 12.1 Å². The van der Waals surface area contributed by atoms with Gasteiger partial charge in [-0.15, -0.1) is 0 Å². The van der Waals surface area contributed by atoms with Crippen molar-refractivity contribution in [3.63, 3.8) is 0 Å². The summed E-state index contributed by atoms with van der Waals surface area (Å²) in [6.45, 7) is 0. The summed E-state index contributed by atoms with van der Waals surface area (Å²) >= 11 is 0. The molecule has 1 aliphatic carbocycles. The predicted molar refractivity (Wildman–Crippen MR) is 120 cm³/mol. The van der Waals surface area contributed by atoms with Crippen LogP contribution in [-0.4, -0.2) is 39.2 Å². The van der Waals surface area contributed by atoms with Gasteiger partial charge in [0.1, 0.15) is 12.4 Å². The number of rotatable bonds is 4. The lowest BCUT2D eigenvalue weighted by Crippen LogP contribution is -2.28. The molecule has 0 fully saturated rings. The fourth-order valence-corrected chi connectivity index (χ4v) is 4.48. The summed E-state index contributed by atoms with van der Waals surface area (Å²) in [6, 6.07) is 10.6. The molecular weight excluding hydrogens is 408 g/mol. The quantitative estimate of drug-likeness (QED) is 0.567. The first-order chi connectivity index (χ1) is 15.6. The van der Waals surface area contributed by atoms with Crippen molar-refractivity contribution in [2.45, 2.75) is 25.3 Å². The number of aromatic hydroxyl groups is 2. The maximum Gasteiger partial charge on any atom is 0.226 e. The van der Waals surface area contributed by atoms with Crippen molar-refractivity contribution in [1.29, 1.82) is 0 Å². The zero-order valence-electron chi connectivity index (χ0n) is 17.9. The highest BCUT2D eigenvalue weighted by Gasteiger charge is 2.33. The molecule has 5 rings (SSSR count). The third-order valence-corrected chi connectivity index (χ3v) is 5.98. The summed E-state index contributed by atoms with van der Waals surface area (Å²) in [5.41, 5.74) is 5.32. The van der Waals surface area contributed by atoms with Crippen molar-refractivity contribution in [3.8, 4) is 23.0 Å². The van der Waals surface area contributed by atoms with Crippen LogP contribution in [0.2, 0.25) is 0 Å². The van der Waals surface area contributed by atoms with Crippen LogP contribution in [0.5, 0.6) is 23.0 Å². The van der Waals surface area contributed by atoms with E-state index < -0.39 is 0 Å². The van der Waals surface area contributed by atoms with Gasteiger partial charge in [0.05, 0.1) is 14.2 Å². The number of phenols is 2. The van der Waals surface area contributed by atoms with Crippen LogP contribution in [0.15, 0.2) is 59.6 Å². The van der Waals surface area contributed by atoms with Gasteiger partial charge in [-0.3, -0.25) is 0 Å². The molecule has 1 aromatic heterocycles. The predicted octanol–water partition coefficient (Wildman–Crippen LogP) is 4.24. The molecule has 0 spiro atoms. The largest absolute Gasteiger partial charge is 0.504 e. The first-order valence-corrected chi connectivity index (χ1v) is 10.4. The minimum atomic E-state index is -0.156. The summed E-state index contributed by atoms with van der Waals surface area (Å²) in [5, 5.41) is 27.9. The molecule has 0 saturated heterocycles. The fraction of sp³-hybridized carbons (Fsp3) is 0.250. The number of hydrogen-bond acceptors (Lipinski definition) is 7. The van der Waals surface area contributed by atoms with Gasteiger partial charge in [-0.2, -0.15) is 10.1 Å². The number of fused-ring (bicyclic) bond motifs is 1. The zero-order valence-corrected chi connectivity index (χ0v) is 17.9. The SMILES string of the molecule is COc1cc(/C=C2\CCCC3=C2Nc2ncnn2C3c2ccc(O)c(OC)c2)ccc1O. The normalized spacial score (nSPS) is 18.7. The van der Waals surface area contributed by atoms with Gasteiger partial charge in [0.2, 0.25) is 5.95 Å². The Hall–Kier alpha value is -3.94. The topological polar surface area (TPSA) is 102 Å². The summed E-state index contributed by atoms with van der Waals surface area (Å²) < 4.78 is 12.5. The maximum atomic E-state index is 10.1. The van der Waals surface area contributed by atoms with E-state index in [-0.39, 0.29) is 17.5 Å². The third-order valence-electron chi connectivity index (χ3n) is 5.98. The Labute approximate surface area is 185 Å². The molecule has 0 bridgehead atoms. The van der Waals surface area contributed by atoms with Gasteiger partial charge in [0, 0.05) is 5.70 Å². The molecule has 8 nitrogen and oxygen atoms in total. The monoisotopic (exact) mass is 432 g/mol. The third kappa shape index (κ3) is 3.33. The molecule has 1 unspecified atom stereocenters. The van der Waals surface area contributed by atoms with E-state index in [0.717, 1.165) is 41.7 Å². The summed E-state index contributed by atoms with van der Waals surface area (Å²) in [7, 11) is 3.08. The smallest absolute Gasteiger partial charge is 0.226 e. The van der Waals surface area contributed by atoms with E-state index >= 15 is 0 Å². The Bertz CT molecular complexity index is 1240. The number of aromatic nitrogens is 3. The summed E-state index contributed by atoms with van der Waals surface area (Å²) in [6.07, 6.45) is 6.47. The number of benzene rings is 2.